The minimum absolute atomic E-state index is 0.111. The summed E-state index contributed by atoms with van der Waals surface area (Å²) in [6.07, 6.45) is -3.51. The summed E-state index contributed by atoms with van der Waals surface area (Å²) in [6, 6.07) is 9.41. The molecule has 0 unspecified atom stereocenters. The van der Waals surface area contributed by atoms with Crippen molar-refractivity contribution in [1.82, 2.24) is 9.88 Å². The number of pyridine rings is 1. The van der Waals surface area contributed by atoms with E-state index in [1.54, 1.807) is 12.1 Å². The molecule has 0 aliphatic carbocycles. The van der Waals surface area contributed by atoms with Crippen LogP contribution in [-0.4, -0.2) is 22.1 Å². The number of nitrogens with zero attached hydrogens (tertiary/aromatic N) is 1. The maximum Gasteiger partial charge on any atom is 0.417 e. The van der Waals surface area contributed by atoms with Crippen LogP contribution in [0, 0.1) is 0 Å². The molecule has 1 heterocycles. The van der Waals surface area contributed by atoms with Gasteiger partial charge in [-0.1, -0.05) is 46.9 Å². The van der Waals surface area contributed by atoms with Crippen molar-refractivity contribution in [2.45, 2.75) is 19.0 Å². The van der Waals surface area contributed by atoms with Gasteiger partial charge >= 0.3 is 6.18 Å². The molecule has 11 heteroatoms. The molecular formula is C23H18Cl3F3N2O3. The van der Waals surface area contributed by atoms with Crippen molar-refractivity contribution in [2.75, 3.05) is 6.54 Å². The molecule has 0 spiro atoms. The fraction of sp³-hybridized carbons (Fsp3) is 0.217. The number of hydrogen-bond donors (Lipinski definition) is 2. The van der Waals surface area contributed by atoms with Gasteiger partial charge in [-0.2, -0.15) is 13.2 Å². The lowest BCUT2D eigenvalue weighted by molar-refractivity contribution is -0.137. The summed E-state index contributed by atoms with van der Waals surface area (Å²) in [4.78, 5) is 25.1. The van der Waals surface area contributed by atoms with Gasteiger partial charge in [0, 0.05) is 13.6 Å². The average Bonchev–Trinajstić information content (AvgIpc) is 2.76. The third-order valence-corrected chi connectivity index (χ3v) is 6.18. The van der Waals surface area contributed by atoms with Crippen LogP contribution in [0.25, 0.3) is 11.3 Å². The third kappa shape index (κ3) is 5.68. The van der Waals surface area contributed by atoms with Gasteiger partial charge in [0.05, 0.1) is 31.9 Å². The fourth-order valence-corrected chi connectivity index (χ4v) is 3.93. The van der Waals surface area contributed by atoms with Crippen LogP contribution >= 0.6 is 34.8 Å². The van der Waals surface area contributed by atoms with E-state index in [0.29, 0.717) is 22.9 Å². The van der Waals surface area contributed by atoms with E-state index in [1.807, 2.05) is 6.07 Å². The molecule has 0 saturated carbocycles. The molecule has 5 nitrogen and oxygen atoms in total. The predicted molar refractivity (Wildman–Crippen MR) is 126 cm³/mol. The van der Waals surface area contributed by atoms with Gasteiger partial charge < -0.3 is 15.0 Å². The second-order valence-corrected chi connectivity index (χ2v) is 8.68. The molecule has 0 atom stereocenters. The molecule has 0 bridgehead atoms. The number of aromatic nitrogens is 1. The zero-order valence-electron chi connectivity index (χ0n) is 17.6. The zero-order valence-corrected chi connectivity index (χ0v) is 19.9. The van der Waals surface area contributed by atoms with Crippen molar-refractivity contribution in [3.8, 4) is 17.0 Å². The molecule has 34 heavy (non-hydrogen) atoms. The van der Waals surface area contributed by atoms with Crippen LogP contribution in [-0.2, 0) is 19.6 Å². The molecule has 0 saturated heterocycles. The van der Waals surface area contributed by atoms with E-state index in [0.717, 1.165) is 28.3 Å². The standard InChI is InChI=1S/C23H18Cl3F3N2O3/c1-31-19(13-5-6-15(17(25)10-13)23(27,28)29)11-14(20(32)22(31)34)21(33)30-8-2-3-12-4-7-16(24)18(26)9-12/h4-7,9-11,32H,2-3,8H2,1H3,(H,30,33). The van der Waals surface area contributed by atoms with E-state index in [9.17, 15) is 27.9 Å². The maximum absolute atomic E-state index is 13.0. The van der Waals surface area contributed by atoms with Crippen LogP contribution in [0.1, 0.15) is 27.9 Å². The molecule has 0 radical (unpaired) electrons. The van der Waals surface area contributed by atoms with Crippen LogP contribution in [0.15, 0.2) is 47.3 Å². The molecule has 2 aromatic carbocycles. The van der Waals surface area contributed by atoms with Crippen molar-refractivity contribution in [3.05, 3.63) is 84.6 Å². The van der Waals surface area contributed by atoms with E-state index < -0.39 is 34.0 Å². The molecule has 3 aromatic rings. The number of halogens is 6. The number of carbonyl (C=O) groups is 1. The minimum atomic E-state index is -4.64. The SMILES string of the molecule is Cn1c(-c2ccc(C(F)(F)F)c(Cl)c2)cc(C(=O)NCCCc2ccc(Cl)c(Cl)c2)c(O)c1=O. The number of amides is 1. The highest BCUT2D eigenvalue weighted by Gasteiger charge is 2.33. The fourth-order valence-electron chi connectivity index (χ4n) is 3.32. The Labute approximate surface area is 207 Å². The summed E-state index contributed by atoms with van der Waals surface area (Å²) in [6.45, 7) is 0.231. The monoisotopic (exact) mass is 532 g/mol. The van der Waals surface area contributed by atoms with Gasteiger partial charge in [-0.25, -0.2) is 0 Å². The van der Waals surface area contributed by atoms with E-state index in [-0.39, 0.29) is 23.4 Å². The number of aryl methyl sites for hydroxylation is 1. The second-order valence-electron chi connectivity index (χ2n) is 7.46. The lowest BCUT2D eigenvalue weighted by Gasteiger charge is -2.15. The van der Waals surface area contributed by atoms with Crippen molar-refractivity contribution < 1.29 is 23.1 Å². The highest BCUT2D eigenvalue weighted by Crippen LogP contribution is 2.37. The van der Waals surface area contributed by atoms with Crippen LogP contribution in [0.2, 0.25) is 15.1 Å². The van der Waals surface area contributed by atoms with Gasteiger partial charge in [0.25, 0.3) is 11.5 Å². The summed E-state index contributed by atoms with van der Waals surface area (Å²) >= 11 is 17.7. The van der Waals surface area contributed by atoms with E-state index in [4.69, 9.17) is 34.8 Å². The number of benzene rings is 2. The van der Waals surface area contributed by atoms with Gasteiger partial charge in [-0.05, 0) is 54.3 Å². The number of rotatable bonds is 6. The smallest absolute Gasteiger partial charge is 0.417 e. The summed E-state index contributed by atoms with van der Waals surface area (Å²) in [7, 11) is 1.32. The Morgan fingerprint density at radius 1 is 1.03 bits per heavy atom. The van der Waals surface area contributed by atoms with Crippen molar-refractivity contribution in [3.63, 3.8) is 0 Å². The van der Waals surface area contributed by atoms with Gasteiger partial charge in [0.2, 0.25) is 0 Å². The summed E-state index contributed by atoms with van der Waals surface area (Å²) in [5.74, 6) is -1.48. The van der Waals surface area contributed by atoms with Crippen molar-refractivity contribution >= 4 is 40.7 Å². The van der Waals surface area contributed by atoms with Gasteiger partial charge in [-0.15, -0.1) is 0 Å². The van der Waals surface area contributed by atoms with Crippen LogP contribution in [0.3, 0.4) is 0 Å². The molecule has 2 N–H and O–H groups in total. The molecular weight excluding hydrogens is 516 g/mol. The van der Waals surface area contributed by atoms with Crippen LogP contribution in [0.4, 0.5) is 13.2 Å². The van der Waals surface area contributed by atoms with Gasteiger partial charge in [-0.3, -0.25) is 9.59 Å². The number of alkyl halides is 3. The first-order valence-corrected chi connectivity index (χ1v) is 11.1. The normalized spacial score (nSPS) is 11.5. The number of nitrogens with one attached hydrogen (secondary N) is 1. The highest BCUT2D eigenvalue weighted by atomic mass is 35.5. The van der Waals surface area contributed by atoms with Crippen molar-refractivity contribution in [2.24, 2.45) is 7.05 Å². The topological polar surface area (TPSA) is 71.3 Å². The molecule has 0 aliphatic rings. The first-order chi connectivity index (χ1) is 15.9. The molecule has 0 fully saturated rings. The number of aromatic hydroxyl groups is 1. The Bertz CT molecular complexity index is 1310. The number of hydrogen-bond acceptors (Lipinski definition) is 3. The third-order valence-electron chi connectivity index (χ3n) is 5.13. The second kappa shape index (κ2) is 10.3. The molecule has 0 aliphatic heterocycles. The highest BCUT2D eigenvalue weighted by molar-refractivity contribution is 6.42. The molecule has 1 aromatic heterocycles. The summed E-state index contributed by atoms with van der Waals surface area (Å²) < 4.78 is 40.0. The molecule has 3 rings (SSSR count). The lowest BCUT2D eigenvalue weighted by atomic mass is 10.0. The quantitative estimate of drug-likeness (QED) is 0.376. The molecule has 1 amide bonds. The average molecular weight is 534 g/mol. The first-order valence-electron chi connectivity index (χ1n) is 9.92. The zero-order chi connectivity index (χ0) is 25.2. The van der Waals surface area contributed by atoms with E-state index in [2.05, 4.69) is 5.32 Å². The van der Waals surface area contributed by atoms with Gasteiger partial charge in [0.1, 0.15) is 0 Å². The summed E-state index contributed by atoms with van der Waals surface area (Å²) in [5, 5.41) is 13.1. The Balaban J connectivity index is 1.79. The summed E-state index contributed by atoms with van der Waals surface area (Å²) in [5.41, 5.74) is -1.01. The van der Waals surface area contributed by atoms with Crippen molar-refractivity contribution in [1.29, 1.82) is 0 Å². The Morgan fingerprint density at radius 3 is 2.35 bits per heavy atom. The molecule has 180 valence electrons. The largest absolute Gasteiger partial charge is 0.502 e. The lowest BCUT2D eigenvalue weighted by Crippen LogP contribution is -2.28. The maximum atomic E-state index is 13.0. The minimum Gasteiger partial charge on any atom is -0.502 e. The van der Waals surface area contributed by atoms with E-state index >= 15 is 0 Å². The Kier molecular flexibility index (Phi) is 7.85. The van der Waals surface area contributed by atoms with Gasteiger partial charge in [0.15, 0.2) is 5.75 Å². The number of carbonyl (C=O) groups excluding carboxylic acids is 1. The van der Waals surface area contributed by atoms with E-state index in [1.165, 1.54) is 13.1 Å². The Morgan fingerprint density at radius 2 is 1.74 bits per heavy atom. The Hall–Kier alpha value is -2.68. The first kappa shape index (κ1) is 25.9. The predicted octanol–water partition coefficient (Wildman–Crippen LogP) is 6.10. The van der Waals surface area contributed by atoms with Crippen LogP contribution < -0.4 is 10.9 Å². The van der Waals surface area contributed by atoms with Crippen LogP contribution in [0.5, 0.6) is 5.75 Å².